The molecule has 0 atom stereocenters. The molecular formula is C13H16FNO5. The van der Waals surface area contributed by atoms with Gasteiger partial charge in [-0.05, 0) is 5.41 Å². The molecule has 0 bridgehead atoms. The van der Waals surface area contributed by atoms with Crippen molar-refractivity contribution >= 4 is 11.7 Å². The number of hydrogen-bond donors (Lipinski definition) is 0. The average molecular weight is 285 g/mol. The Hall–Kier alpha value is -2.18. The second-order valence-electron chi connectivity index (χ2n) is 5.16. The summed E-state index contributed by atoms with van der Waals surface area (Å²) in [6.45, 7) is 5.31. The zero-order valence-electron chi connectivity index (χ0n) is 11.9. The largest absolute Gasteiger partial charge is 0.495 e. The predicted octanol–water partition coefficient (Wildman–Crippen LogP) is 2.83. The third kappa shape index (κ3) is 2.71. The summed E-state index contributed by atoms with van der Waals surface area (Å²) < 4.78 is 23.7. The molecule has 7 heteroatoms. The molecule has 0 amide bonds. The molecule has 0 heterocycles. The van der Waals surface area contributed by atoms with Gasteiger partial charge in [0, 0.05) is 11.6 Å². The highest BCUT2D eigenvalue weighted by atomic mass is 19.1. The van der Waals surface area contributed by atoms with E-state index in [1.54, 1.807) is 20.8 Å². The Morgan fingerprint density at radius 1 is 1.35 bits per heavy atom. The van der Waals surface area contributed by atoms with Gasteiger partial charge in [-0.2, -0.15) is 4.39 Å². The number of methoxy groups -OCH3 is 2. The first-order valence-electron chi connectivity index (χ1n) is 5.78. The van der Waals surface area contributed by atoms with E-state index in [4.69, 9.17) is 4.74 Å². The smallest absolute Gasteiger partial charge is 0.344 e. The molecule has 0 fully saturated rings. The number of ether oxygens (including phenoxy) is 2. The van der Waals surface area contributed by atoms with Crippen LogP contribution in [0.2, 0.25) is 0 Å². The minimum absolute atomic E-state index is 0.0487. The van der Waals surface area contributed by atoms with Crippen LogP contribution in [0.5, 0.6) is 5.75 Å². The molecule has 0 aliphatic rings. The Labute approximate surface area is 115 Å². The summed E-state index contributed by atoms with van der Waals surface area (Å²) in [5, 5.41) is 10.9. The van der Waals surface area contributed by atoms with Crippen molar-refractivity contribution in [1.82, 2.24) is 0 Å². The van der Waals surface area contributed by atoms with Crippen LogP contribution >= 0.6 is 0 Å². The molecule has 0 radical (unpaired) electrons. The van der Waals surface area contributed by atoms with Crippen LogP contribution in [0, 0.1) is 15.9 Å². The first-order valence-corrected chi connectivity index (χ1v) is 5.78. The molecule has 0 aliphatic heterocycles. The van der Waals surface area contributed by atoms with Crippen molar-refractivity contribution in [3.05, 3.63) is 33.1 Å². The summed E-state index contributed by atoms with van der Waals surface area (Å²) in [5.41, 5.74) is -1.56. The Balaban J connectivity index is 3.84. The number of halogens is 1. The summed E-state index contributed by atoms with van der Waals surface area (Å²) in [4.78, 5) is 21.8. The van der Waals surface area contributed by atoms with E-state index in [0.29, 0.717) is 5.56 Å². The first-order chi connectivity index (χ1) is 9.15. The first kappa shape index (κ1) is 15.9. The second kappa shape index (κ2) is 5.44. The molecule has 0 saturated heterocycles. The zero-order valence-corrected chi connectivity index (χ0v) is 11.9. The van der Waals surface area contributed by atoms with Crippen molar-refractivity contribution in [2.45, 2.75) is 26.2 Å². The van der Waals surface area contributed by atoms with Gasteiger partial charge in [0.1, 0.15) is 11.3 Å². The number of hydrogen-bond acceptors (Lipinski definition) is 5. The third-order valence-corrected chi connectivity index (χ3v) is 2.80. The van der Waals surface area contributed by atoms with E-state index in [9.17, 15) is 19.3 Å². The lowest BCUT2D eigenvalue weighted by Gasteiger charge is -2.23. The van der Waals surface area contributed by atoms with Gasteiger partial charge < -0.3 is 9.47 Å². The number of esters is 1. The minimum atomic E-state index is -1.26. The topological polar surface area (TPSA) is 78.7 Å². The Morgan fingerprint density at radius 3 is 2.25 bits per heavy atom. The molecule has 0 aromatic heterocycles. The number of rotatable bonds is 3. The molecule has 0 unspecified atom stereocenters. The van der Waals surface area contributed by atoms with Gasteiger partial charge in [-0.3, -0.25) is 10.1 Å². The summed E-state index contributed by atoms with van der Waals surface area (Å²) in [5.74, 6) is -2.33. The van der Waals surface area contributed by atoms with Gasteiger partial charge in [-0.15, -0.1) is 0 Å². The van der Waals surface area contributed by atoms with Crippen LogP contribution in [0.4, 0.5) is 10.1 Å². The van der Waals surface area contributed by atoms with Crippen LogP contribution in [0.1, 0.15) is 36.7 Å². The molecule has 0 N–H and O–H groups in total. The summed E-state index contributed by atoms with van der Waals surface area (Å²) in [6.07, 6.45) is 0. The van der Waals surface area contributed by atoms with Gasteiger partial charge in [0.2, 0.25) is 5.82 Å². The SMILES string of the molecule is COC(=O)c1c(F)c([N+](=O)[O-])cc(C(C)(C)C)c1OC. The van der Waals surface area contributed by atoms with E-state index in [2.05, 4.69) is 4.74 Å². The van der Waals surface area contributed by atoms with E-state index >= 15 is 0 Å². The highest BCUT2D eigenvalue weighted by molar-refractivity contribution is 5.94. The Kier molecular flexibility index (Phi) is 4.32. The van der Waals surface area contributed by atoms with E-state index < -0.39 is 33.4 Å². The summed E-state index contributed by atoms with van der Waals surface area (Å²) in [6, 6.07) is 1.08. The number of benzene rings is 1. The number of nitro groups is 1. The average Bonchev–Trinajstić information content (AvgIpc) is 2.35. The normalized spacial score (nSPS) is 11.1. The highest BCUT2D eigenvalue weighted by Gasteiger charge is 2.34. The van der Waals surface area contributed by atoms with Crippen molar-refractivity contribution in [3.63, 3.8) is 0 Å². The van der Waals surface area contributed by atoms with E-state index in [1.807, 2.05) is 0 Å². The fourth-order valence-electron chi connectivity index (χ4n) is 1.81. The fraction of sp³-hybridized carbons (Fsp3) is 0.462. The lowest BCUT2D eigenvalue weighted by Crippen LogP contribution is -2.18. The van der Waals surface area contributed by atoms with Crippen molar-refractivity contribution < 1.29 is 23.6 Å². The molecule has 0 aliphatic carbocycles. The van der Waals surface area contributed by atoms with E-state index in [-0.39, 0.29) is 5.75 Å². The lowest BCUT2D eigenvalue weighted by atomic mass is 9.84. The molecular weight excluding hydrogens is 269 g/mol. The van der Waals surface area contributed by atoms with Gasteiger partial charge >= 0.3 is 11.7 Å². The summed E-state index contributed by atoms with van der Waals surface area (Å²) >= 11 is 0. The Bertz CT molecular complexity index is 563. The van der Waals surface area contributed by atoms with Gasteiger partial charge in [0.15, 0.2) is 0 Å². The third-order valence-electron chi connectivity index (χ3n) is 2.80. The monoisotopic (exact) mass is 285 g/mol. The van der Waals surface area contributed by atoms with Gasteiger partial charge in [0.25, 0.3) is 0 Å². The quantitative estimate of drug-likeness (QED) is 0.484. The number of carbonyl (C=O) groups excluding carboxylic acids is 1. The van der Waals surface area contributed by atoms with Crippen LogP contribution < -0.4 is 4.74 Å². The van der Waals surface area contributed by atoms with Crippen molar-refractivity contribution in [2.24, 2.45) is 0 Å². The lowest BCUT2D eigenvalue weighted by molar-refractivity contribution is -0.387. The second-order valence-corrected chi connectivity index (χ2v) is 5.16. The van der Waals surface area contributed by atoms with Crippen LogP contribution in [0.3, 0.4) is 0 Å². The highest BCUT2D eigenvalue weighted by Crippen LogP contribution is 2.39. The van der Waals surface area contributed by atoms with Gasteiger partial charge in [0.05, 0.1) is 19.1 Å². The van der Waals surface area contributed by atoms with E-state index in [0.717, 1.165) is 13.2 Å². The number of carbonyl (C=O) groups is 1. The van der Waals surface area contributed by atoms with E-state index in [1.165, 1.54) is 7.11 Å². The van der Waals surface area contributed by atoms with Crippen LogP contribution in [-0.2, 0) is 10.2 Å². The zero-order chi connectivity index (χ0) is 15.7. The number of nitrogens with zero attached hydrogens (tertiary/aromatic N) is 1. The maximum Gasteiger partial charge on any atom is 0.344 e. The maximum absolute atomic E-state index is 14.2. The standard InChI is InChI=1S/C13H16FNO5/c1-13(2,3)7-6-8(15(17)18)10(14)9(11(7)19-4)12(16)20-5/h6H,1-5H3. The molecule has 1 aromatic carbocycles. The van der Waals surface area contributed by atoms with Crippen LogP contribution in [0.15, 0.2) is 6.07 Å². The van der Waals surface area contributed by atoms with Gasteiger partial charge in [-0.1, -0.05) is 20.8 Å². The van der Waals surface area contributed by atoms with Crippen molar-refractivity contribution in [1.29, 1.82) is 0 Å². The van der Waals surface area contributed by atoms with Crippen molar-refractivity contribution in [3.8, 4) is 5.75 Å². The molecule has 1 aromatic rings. The molecule has 0 spiro atoms. The molecule has 0 saturated carbocycles. The minimum Gasteiger partial charge on any atom is -0.495 e. The van der Waals surface area contributed by atoms with Gasteiger partial charge in [-0.25, -0.2) is 4.79 Å². The summed E-state index contributed by atoms with van der Waals surface area (Å²) in [7, 11) is 2.33. The maximum atomic E-state index is 14.2. The Morgan fingerprint density at radius 2 is 1.90 bits per heavy atom. The van der Waals surface area contributed by atoms with Crippen molar-refractivity contribution in [2.75, 3.05) is 14.2 Å². The molecule has 6 nitrogen and oxygen atoms in total. The van der Waals surface area contributed by atoms with Crippen LogP contribution in [-0.4, -0.2) is 25.1 Å². The van der Waals surface area contributed by atoms with Crippen LogP contribution in [0.25, 0.3) is 0 Å². The number of nitro benzene ring substituents is 1. The molecule has 110 valence electrons. The molecule has 1 rings (SSSR count). The fourth-order valence-corrected chi connectivity index (χ4v) is 1.81. The predicted molar refractivity (Wildman–Crippen MR) is 69.6 cm³/mol. The molecule has 20 heavy (non-hydrogen) atoms.